The molecular weight excluding hydrogens is 352 g/mol. The van der Waals surface area contributed by atoms with Gasteiger partial charge in [0.15, 0.2) is 5.96 Å². The van der Waals surface area contributed by atoms with E-state index in [1.807, 2.05) is 38.2 Å². The molecule has 0 amide bonds. The van der Waals surface area contributed by atoms with Gasteiger partial charge in [0.05, 0.1) is 6.26 Å². The van der Waals surface area contributed by atoms with Gasteiger partial charge in [-0.1, -0.05) is 6.07 Å². The van der Waals surface area contributed by atoms with Crippen molar-refractivity contribution in [2.75, 3.05) is 37.8 Å². The number of sulfonamides is 1. The molecule has 2 rings (SSSR count). The van der Waals surface area contributed by atoms with Gasteiger partial charge < -0.3 is 15.5 Å². The van der Waals surface area contributed by atoms with Gasteiger partial charge in [-0.3, -0.25) is 4.99 Å². The van der Waals surface area contributed by atoms with Crippen molar-refractivity contribution in [3.05, 3.63) is 24.4 Å². The molecule has 146 valence electrons. The van der Waals surface area contributed by atoms with Gasteiger partial charge in [0.2, 0.25) is 10.0 Å². The zero-order valence-electron chi connectivity index (χ0n) is 16.0. The van der Waals surface area contributed by atoms with Crippen molar-refractivity contribution >= 4 is 21.8 Å². The van der Waals surface area contributed by atoms with Gasteiger partial charge in [-0.25, -0.2) is 18.1 Å². The molecule has 1 aromatic heterocycles. The Morgan fingerprint density at radius 3 is 2.58 bits per heavy atom. The van der Waals surface area contributed by atoms with Crippen LogP contribution in [-0.4, -0.2) is 63.9 Å². The van der Waals surface area contributed by atoms with Crippen LogP contribution in [0.25, 0.3) is 0 Å². The third-order valence-electron chi connectivity index (χ3n) is 4.19. The fourth-order valence-electron chi connectivity index (χ4n) is 3.02. The van der Waals surface area contributed by atoms with Crippen LogP contribution in [0, 0.1) is 0 Å². The van der Waals surface area contributed by atoms with Crippen LogP contribution in [0.5, 0.6) is 0 Å². The number of guanidine groups is 1. The summed E-state index contributed by atoms with van der Waals surface area (Å²) in [5.41, 5.74) is -0.604. The highest BCUT2D eigenvalue weighted by atomic mass is 32.2. The van der Waals surface area contributed by atoms with E-state index in [1.54, 1.807) is 7.05 Å². The monoisotopic (exact) mass is 382 g/mol. The molecule has 1 fully saturated rings. The largest absolute Gasteiger partial charge is 0.356 e. The number of anilines is 1. The van der Waals surface area contributed by atoms with E-state index in [2.05, 4.69) is 30.2 Å². The van der Waals surface area contributed by atoms with E-state index in [1.165, 1.54) is 0 Å². The molecule has 2 heterocycles. The fourth-order valence-corrected chi connectivity index (χ4v) is 4.10. The second-order valence-electron chi connectivity index (χ2n) is 7.28. The summed E-state index contributed by atoms with van der Waals surface area (Å²) in [6.45, 7) is 5.98. The predicted octanol–water partition coefficient (Wildman–Crippen LogP) is 0.543. The zero-order valence-corrected chi connectivity index (χ0v) is 16.8. The number of aliphatic imine (C=N–C) groups is 1. The molecule has 26 heavy (non-hydrogen) atoms. The maximum absolute atomic E-state index is 11.4. The number of pyridine rings is 1. The molecule has 0 aromatic carbocycles. The Labute approximate surface area is 156 Å². The highest BCUT2D eigenvalue weighted by molar-refractivity contribution is 7.88. The maximum atomic E-state index is 11.4. The molecule has 8 nitrogen and oxygen atoms in total. The Bertz CT molecular complexity index is 697. The Kier molecular flexibility index (Phi) is 6.82. The van der Waals surface area contributed by atoms with Crippen molar-refractivity contribution in [1.29, 1.82) is 0 Å². The Morgan fingerprint density at radius 2 is 2.04 bits per heavy atom. The molecule has 1 saturated heterocycles. The van der Waals surface area contributed by atoms with Crippen molar-refractivity contribution in [2.45, 2.75) is 38.3 Å². The first kappa shape index (κ1) is 20.4. The van der Waals surface area contributed by atoms with Crippen molar-refractivity contribution < 1.29 is 8.42 Å². The van der Waals surface area contributed by atoms with Gasteiger partial charge in [-0.15, -0.1) is 0 Å². The van der Waals surface area contributed by atoms with E-state index in [9.17, 15) is 8.42 Å². The molecule has 1 aromatic rings. The van der Waals surface area contributed by atoms with Crippen molar-refractivity contribution in [3.63, 3.8) is 0 Å². The van der Waals surface area contributed by atoms with Crippen LogP contribution in [0.15, 0.2) is 29.4 Å². The molecule has 0 aliphatic carbocycles. The Balaban J connectivity index is 1.80. The lowest BCUT2D eigenvalue weighted by Crippen LogP contribution is -2.55. The number of hydrogen-bond donors (Lipinski definition) is 3. The van der Waals surface area contributed by atoms with E-state index < -0.39 is 15.6 Å². The third kappa shape index (κ3) is 6.80. The van der Waals surface area contributed by atoms with Gasteiger partial charge in [-0.2, -0.15) is 0 Å². The normalized spacial score (nSPS) is 17.2. The number of hydrogen-bond acceptors (Lipinski definition) is 5. The number of piperidine rings is 1. The summed E-state index contributed by atoms with van der Waals surface area (Å²) in [5, 5.41) is 6.64. The molecule has 3 N–H and O–H groups in total. The van der Waals surface area contributed by atoms with E-state index in [-0.39, 0.29) is 0 Å². The average Bonchev–Trinajstić information content (AvgIpc) is 2.58. The Hall–Kier alpha value is -1.87. The smallest absolute Gasteiger partial charge is 0.209 e. The summed E-state index contributed by atoms with van der Waals surface area (Å²) in [4.78, 5) is 10.9. The standard InChI is InChI=1S/C17H30N6O2S/c1-17(2,22-26(4,24)25)13-20-16(18-3)21-14-8-11-23(12-9-14)15-7-5-6-10-19-15/h5-7,10,14,22H,8-9,11-13H2,1-4H3,(H2,18,20,21). The molecule has 1 aliphatic rings. The van der Waals surface area contributed by atoms with Crippen molar-refractivity contribution in [3.8, 4) is 0 Å². The molecule has 9 heteroatoms. The molecule has 0 bridgehead atoms. The molecular formula is C17H30N6O2S. The SMILES string of the molecule is CN=C(NCC(C)(C)NS(C)(=O)=O)NC1CCN(c2ccccn2)CC1. The minimum atomic E-state index is -3.26. The van der Waals surface area contributed by atoms with Gasteiger partial charge in [-0.05, 0) is 38.8 Å². The van der Waals surface area contributed by atoms with Crippen LogP contribution in [0.2, 0.25) is 0 Å². The minimum Gasteiger partial charge on any atom is -0.356 e. The topological polar surface area (TPSA) is 98.7 Å². The summed E-state index contributed by atoms with van der Waals surface area (Å²) in [5.74, 6) is 1.70. The quantitative estimate of drug-likeness (QED) is 0.491. The summed E-state index contributed by atoms with van der Waals surface area (Å²) < 4.78 is 25.5. The summed E-state index contributed by atoms with van der Waals surface area (Å²) in [6, 6.07) is 6.29. The zero-order chi connectivity index (χ0) is 19.2. The van der Waals surface area contributed by atoms with Gasteiger partial charge >= 0.3 is 0 Å². The summed E-state index contributed by atoms with van der Waals surface area (Å²) >= 11 is 0. The number of aromatic nitrogens is 1. The summed E-state index contributed by atoms with van der Waals surface area (Å²) in [6.07, 6.45) is 4.96. The number of rotatable bonds is 6. The van der Waals surface area contributed by atoms with Crippen LogP contribution in [0.3, 0.4) is 0 Å². The van der Waals surface area contributed by atoms with Crippen molar-refractivity contribution in [2.24, 2.45) is 4.99 Å². The second kappa shape index (κ2) is 8.68. The molecule has 0 radical (unpaired) electrons. The van der Waals surface area contributed by atoms with Crippen LogP contribution >= 0.6 is 0 Å². The average molecular weight is 383 g/mol. The maximum Gasteiger partial charge on any atom is 0.209 e. The second-order valence-corrected chi connectivity index (χ2v) is 9.03. The third-order valence-corrected chi connectivity index (χ3v) is 5.12. The van der Waals surface area contributed by atoms with Crippen molar-refractivity contribution in [1.82, 2.24) is 20.3 Å². The van der Waals surface area contributed by atoms with E-state index >= 15 is 0 Å². The highest BCUT2D eigenvalue weighted by Crippen LogP contribution is 2.17. The van der Waals surface area contributed by atoms with Crippen LogP contribution < -0.4 is 20.3 Å². The lowest BCUT2D eigenvalue weighted by atomic mass is 10.1. The first-order valence-electron chi connectivity index (χ1n) is 8.81. The highest BCUT2D eigenvalue weighted by Gasteiger charge is 2.24. The van der Waals surface area contributed by atoms with Gasteiger partial charge in [0, 0.05) is 44.5 Å². The first-order chi connectivity index (χ1) is 12.2. The molecule has 0 unspecified atom stereocenters. The van der Waals surface area contributed by atoms with E-state index in [0.717, 1.165) is 38.0 Å². The molecule has 0 spiro atoms. The van der Waals surface area contributed by atoms with Crippen LogP contribution in [0.1, 0.15) is 26.7 Å². The number of nitrogens with zero attached hydrogens (tertiary/aromatic N) is 3. The van der Waals surface area contributed by atoms with Crippen LogP contribution in [-0.2, 0) is 10.0 Å². The summed E-state index contributed by atoms with van der Waals surface area (Å²) in [7, 11) is -1.54. The number of nitrogens with one attached hydrogen (secondary N) is 3. The molecule has 0 saturated carbocycles. The fraction of sp³-hybridized carbons (Fsp3) is 0.647. The van der Waals surface area contributed by atoms with Gasteiger partial charge in [0.1, 0.15) is 5.82 Å². The first-order valence-corrected chi connectivity index (χ1v) is 10.7. The lowest BCUT2D eigenvalue weighted by molar-refractivity contribution is 0.433. The minimum absolute atomic E-state index is 0.326. The Morgan fingerprint density at radius 1 is 1.35 bits per heavy atom. The van der Waals surface area contributed by atoms with Crippen LogP contribution in [0.4, 0.5) is 5.82 Å². The van der Waals surface area contributed by atoms with E-state index in [4.69, 9.17) is 0 Å². The molecule has 0 atom stereocenters. The molecule has 1 aliphatic heterocycles. The van der Waals surface area contributed by atoms with E-state index in [0.29, 0.717) is 18.5 Å². The van der Waals surface area contributed by atoms with Gasteiger partial charge in [0.25, 0.3) is 0 Å². The predicted molar refractivity (Wildman–Crippen MR) is 106 cm³/mol. The lowest BCUT2D eigenvalue weighted by Gasteiger charge is -2.34.